The number of likely N-dealkylation sites (tertiary alicyclic amines) is 1. The number of carbonyl (C=O) groups is 2. The van der Waals surface area contributed by atoms with Crippen LogP contribution in [0.15, 0.2) is 30.6 Å². The van der Waals surface area contributed by atoms with E-state index >= 15 is 0 Å². The second kappa shape index (κ2) is 5.20. The van der Waals surface area contributed by atoms with Crippen LogP contribution < -0.4 is 0 Å². The lowest BCUT2D eigenvalue weighted by molar-refractivity contribution is -0.149. The third kappa shape index (κ3) is 2.49. The van der Waals surface area contributed by atoms with E-state index in [1.165, 1.54) is 4.90 Å². The van der Waals surface area contributed by atoms with Crippen molar-refractivity contribution < 1.29 is 14.7 Å². The fourth-order valence-corrected chi connectivity index (χ4v) is 2.93. The average molecular weight is 287 g/mol. The molecule has 110 valence electrons. The Morgan fingerprint density at radius 1 is 1.43 bits per heavy atom. The van der Waals surface area contributed by atoms with Crippen molar-refractivity contribution in [1.29, 1.82) is 0 Å². The summed E-state index contributed by atoms with van der Waals surface area (Å²) in [7, 11) is 0. The van der Waals surface area contributed by atoms with Crippen LogP contribution in [0.4, 0.5) is 0 Å². The molecule has 2 aromatic rings. The molecule has 2 atom stereocenters. The van der Waals surface area contributed by atoms with Gasteiger partial charge in [0.2, 0.25) is 5.91 Å². The zero-order valence-corrected chi connectivity index (χ0v) is 11.8. The van der Waals surface area contributed by atoms with Gasteiger partial charge < -0.3 is 14.4 Å². The molecule has 0 aromatic carbocycles. The third-order valence-corrected chi connectivity index (χ3v) is 4.02. The Morgan fingerprint density at radius 2 is 2.24 bits per heavy atom. The topological polar surface area (TPSA) is 74.9 Å². The predicted molar refractivity (Wildman–Crippen MR) is 75.8 cm³/mol. The van der Waals surface area contributed by atoms with Crippen molar-refractivity contribution in [3.63, 3.8) is 0 Å². The molecule has 1 fully saturated rings. The van der Waals surface area contributed by atoms with Gasteiger partial charge in [-0.15, -0.1) is 0 Å². The molecule has 1 aliphatic rings. The molecular weight excluding hydrogens is 270 g/mol. The molecule has 3 heterocycles. The molecule has 0 saturated carbocycles. The monoisotopic (exact) mass is 287 g/mol. The Balaban J connectivity index is 1.78. The molecule has 0 spiro atoms. The molecule has 21 heavy (non-hydrogen) atoms. The summed E-state index contributed by atoms with van der Waals surface area (Å²) in [6, 6.07) is 4.93. The minimum atomic E-state index is -0.927. The molecule has 1 amide bonds. The normalized spacial score (nSPS) is 21.9. The number of carbonyl (C=O) groups excluding carboxylic acids is 1. The van der Waals surface area contributed by atoms with Gasteiger partial charge in [-0.25, -0.2) is 9.78 Å². The van der Waals surface area contributed by atoms with E-state index in [1.54, 1.807) is 0 Å². The molecule has 3 rings (SSSR count). The lowest BCUT2D eigenvalue weighted by Gasteiger charge is -2.23. The van der Waals surface area contributed by atoms with Crippen molar-refractivity contribution in [2.24, 2.45) is 5.92 Å². The molecule has 1 saturated heterocycles. The van der Waals surface area contributed by atoms with Gasteiger partial charge in [-0.05, 0) is 24.5 Å². The summed E-state index contributed by atoms with van der Waals surface area (Å²) in [4.78, 5) is 29.5. The SMILES string of the molecule is CC1CCN(C(=O)Cc2cn3ccccc3n2)C1C(=O)O. The summed E-state index contributed by atoms with van der Waals surface area (Å²) in [5.74, 6) is -1.11. The Bertz CT molecular complexity index is 661. The highest BCUT2D eigenvalue weighted by molar-refractivity contribution is 5.85. The molecule has 6 heteroatoms. The van der Waals surface area contributed by atoms with Crippen molar-refractivity contribution in [3.8, 4) is 0 Å². The van der Waals surface area contributed by atoms with Crippen LogP contribution in [0.5, 0.6) is 0 Å². The summed E-state index contributed by atoms with van der Waals surface area (Å²) in [5, 5.41) is 9.27. The van der Waals surface area contributed by atoms with Gasteiger partial charge in [-0.3, -0.25) is 4.79 Å². The van der Waals surface area contributed by atoms with E-state index < -0.39 is 12.0 Å². The molecule has 1 aliphatic heterocycles. The zero-order chi connectivity index (χ0) is 15.0. The van der Waals surface area contributed by atoms with Gasteiger partial charge in [0, 0.05) is 18.9 Å². The van der Waals surface area contributed by atoms with Gasteiger partial charge >= 0.3 is 5.97 Å². The lowest BCUT2D eigenvalue weighted by Crippen LogP contribution is -2.43. The van der Waals surface area contributed by atoms with E-state index in [2.05, 4.69) is 4.98 Å². The van der Waals surface area contributed by atoms with E-state index in [0.717, 1.165) is 12.1 Å². The molecule has 0 radical (unpaired) electrons. The first-order valence-electron chi connectivity index (χ1n) is 7.01. The second-order valence-corrected chi connectivity index (χ2v) is 5.51. The van der Waals surface area contributed by atoms with Crippen molar-refractivity contribution in [2.45, 2.75) is 25.8 Å². The highest BCUT2D eigenvalue weighted by atomic mass is 16.4. The number of amides is 1. The molecule has 2 unspecified atom stereocenters. The van der Waals surface area contributed by atoms with Gasteiger partial charge in [0.15, 0.2) is 0 Å². The number of fused-ring (bicyclic) bond motifs is 1. The second-order valence-electron chi connectivity index (χ2n) is 5.51. The molecule has 0 aliphatic carbocycles. The predicted octanol–water partition coefficient (Wildman–Crippen LogP) is 1.20. The highest BCUT2D eigenvalue weighted by Crippen LogP contribution is 2.24. The van der Waals surface area contributed by atoms with E-state index in [-0.39, 0.29) is 18.2 Å². The van der Waals surface area contributed by atoms with Gasteiger partial charge in [0.25, 0.3) is 0 Å². The van der Waals surface area contributed by atoms with Crippen LogP contribution in [0.2, 0.25) is 0 Å². The summed E-state index contributed by atoms with van der Waals surface area (Å²) in [6.07, 6.45) is 4.54. The number of imidazole rings is 1. The minimum absolute atomic E-state index is 0.00693. The summed E-state index contributed by atoms with van der Waals surface area (Å²) in [5.41, 5.74) is 1.44. The van der Waals surface area contributed by atoms with E-state index in [9.17, 15) is 14.7 Å². The number of hydrogen-bond acceptors (Lipinski definition) is 3. The Morgan fingerprint density at radius 3 is 2.95 bits per heavy atom. The standard InChI is InChI=1S/C15H17N3O3/c1-10-5-7-18(14(10)15(20)21)13(19)8-11-9-17-6-3-2-4-12(17)16-11/h2-4,6,9-10,14H,5,7-8H2,1H3,(H,20,21). The summed E-state index contributed by atoms with van der Waals surface area (Å²) < 4.78 is 1.85. The van der Waals surface area contributed by atoms with Gasteiger partial charge in [-0.1, -0.05) is 13.0 Å². The fraction of sp³-hybridized carbons (Fsp3) is 0.400. The number of aliphatic carboxylic acids is 1. The Kier molecular flexibility index (Phi) is 3.37. The van der Waals surface area contributed by atoms with Gasteiger partial charge in [-0.2, -0.15) is 0 Å². The third-order valence-electron chi connectivity index (χ3n) is 4.02. The van der Waals surface area contributed by atoms with E-state index in [0.29, 0.717) is 12.2 Å². The van der Waals surface area contributed by atoms with Crippen LogP contribution in [0.3, 0.4) is 0 Å². The lowest BCUT2D eigenvalue weighted by atomic mass is 10.0. The van der Waals surface area contributed by atoms with Crippen LogP contribution >= 0.6 is 0 Å². The highest BCUT2D eigenvalue weighted by Gasteiger charge is 2.39. The van der Waals surface area contributed by atoms with E-state index in [1.807, 2.05) is 41.9 Å². The molecule has 6 nitrogen and oxygen atoms in total. The first kappa shape index (κ1) is 13.6. The van der Waals surface area contributed by atoms with Crippen molar-refractivity contribution in [2.75, 3.05) is 6.54 Å². The van der Waals surface area contributed by atoms with E-state index in [4.69, 9.17) is 0 Å². The number of carboxylic acid groups (broad SMARTS) is 1. The van der Waals surface area contributed by atoms with Crippen molar-refractivity contribution in [1.82, 2.24) is 14.3 Å². The quantitative estimate of drug-likeness (QED) is 0.920. The van der Waals surface area contributed by atoms with Crippen LogP contribution in [-0.4, -0.2) is 43.9 Å². The maximum atomic E-state index is 12.4. The molecule has 1 N–H and O–H groups in total. The maximum absolute atomic E-state index is 12.4. The van der Waals surface area contributed by atoms with Crippen molar-refractivity contribution in [3.05, 3.63) is 36.3 Å². The fourth-order valence-electron chi connectivity index (χ4n) is 2.93. The Labute approximate surface area is 122 Å². The van der Waals surface area contributed by atoms with Crippen LogP contribution in [0.1, 0.15) is 19.0 Å². The molecule has 2 aromatic heterocycles. The average Bonchev–Trinajstić information content (AvgIpc) is 3.01. The minimum Gasteiger partial charge on any atom is -0.480 e. The molecular formula is C15H17N3O3. The van der Waals surface area contributed by atoms with Crippen LogP contribution in [-0.2, 0) is 16.0 Å². The van der Waals surface area contributed by atoms with Gasteiger partial charge in [0.05, 0.1) is 12.1 Å². The number of hydrogen-bond donors (Lipinski definition) is 1. The number of pyridine rings is 1. The number of rotatable bonds is 3. The smallest absolute Gasteiger partial charge is 0.326 e. The zero-order valence-electron chi connectivity index (χ0n) is 11.8. The number of nitrogens with zero attached hydrogens (tertiary/aromatic N) is 3. The Hall–Kier alpha value is -2.37. The summed E-state index contributed by atoms with van der Waals surface area (Å²) in [6.45, 7) is 2.38. The van der Waals surface area contributed by atoms with Crippen LogP contribution in [0, 0.1) is 5.92 Å². The first-order valence-corrected chi connectivity index (χ1v) is 7.01. The van der Waals surface area contributed by atoms with Crippen LogP contribution in [0.25, 0.3) is 5.65 Å². The largest absolute Gasteiger partial charge is 0.480 e. The summed E-state index contributed by atoms with van der Waals surface area (Å²) >= 11 is 0. The number of carboxylic acids is 1. The first-order chi connectivity index (χ1) is 10.1. The number of aromatic nitrogens is 2. The molecule has 0 bridgehead atoms. The van der Waals surface area contributed by atoms with Crippen molar-refractivity contribution >= 4 is 17.5 Å². The van der Waals surface area contributed by atoms with Gasteiger partial charge in [0.1, 0.15) is 11.7 Å². The maximum Gasteiger partial charge on any atom is 0.326 e.